The van der Waals surface area contributed by atoms with Crippen molar-refractivity contribution in [1.29, 1.82) is 0 Å². The molecule has 152 valence electrons. The Morgan fingerprint density at radius 2 is 2.29 bits per heavy atom. The minimum absolute atomic E-state index is 0.0204. The van der Waals surface area contributed by atoms with Gasteiger partial charge in [-0.15, -0.1) is 6.58 Å². The summed E-state index contributed by atoms with van der Waals surface area (Å²) in [6, 6.07) is 4.19. The van der Waals surface area contributed by atoms with Gasteiger partial charge < -0.3 is 15.2 Å². The van der Waals surface area contributed by atoms with Crippen molar-refractivity contribution in [3.05, 3.63) is 35.9 Å². The lowest BCUT2D eigenvalue weighted by atomic mass is 9.55. The molecule has 4 rings (SSSR count). The Balaban J connectivity index is 1.81. The van der Waals surface area contributed by atoms with Gasteiger partial charge in [0.25, 0.3) is 0 Å². The van der Waals surface area contributed by atoms with Gasteiger partial charge in [0.05, 0.1) is 6.04 Å². The van der Waals surface area contributed by atoms with Gasteiger partial charge in [-0.05, 0) is 49.3 Å². The van der Waals surface area contributed by atoms with E-state index in [-0.39, 0.29) is 35.1 Å². The first-order valence-corrected chi connectivity index (χ1v) is 10.5. The summed E-state index contributed by atoms with van der Waals surface area (Å²) >= 11 is 0. The second-order valence-electron chi connectivity index (χ2n) is 8.90. The number of carbonyl (C=O) groups is 1. The number of hydrogen-bond acceptors (Lipinski definition) is 4. The number of hydrogen-bond donors (Lipinski definition) is 2. The molecule has 0 radical (unpaired) electrons. The van der Waals surface area contributed by atoms with Gasteiger partial charge in [-0.3, -0.25) is 9.69 Å². The van der Waals surface area contributed by atoms with Crippen molar-refractivity contribution < 1.29 is 14.6 Å². The van der Waals surface area contributed by atoms with Crippen LogP contribution in [-0.4, -0.2) is 47.2 Å². The van der Waals surface area contributed by atoms with Crippen LogP contribution in [0, 0.1) is 5.41 Å². The zero-order valence-electron chi connectivity index (χ0n) is 17.2. The SMILES string of the molecule is C=CCN(CCC)C1Cc2ccc(O)c3c2C2C(O3)C(NC(C)=O)CC[C@]21C. The largest absolute Gasteiger partial charge is 0.504 e. The van der Waals surface area contributed by atoms with Crippen LogP contribution in [0.5, 0.6) is 11.5 Å². The van der Waals surface area contributed by atoms with Crippen LogP contribution in [0.25, 0.3) is 0 Å². The summed E-state index contributed by atoms with van der Waals surface area (Å²) in [6.45, 7) is 12.1. The third-order valence-corrected chi connectivity index (χ3v) is 7.14. The van der Waals surface area contributed by atoms with E-state index in [1.165, 1.54) is 11.1 Å². The van der Waals surface area contributed by atoms with Gasteiger partial charge in [-0.1, -0.05) is 26.0 Å². The van der Waals surface area contributed by atoms with E-state index in [1.54, 1.807) is 13.0 Å². The zero-order chi connectivity index (χ0) is 20.1. The molecule has 1 heterocycles. The summed E-state index contributed by atoms with van der Waals surface area (Å²) in [7, 11) is 0. The molecule has 4 unspecified atom stereocenters. The fourth-order valence-electron chi connectivity index (χ4n) is 6.05. The van der Waals surface area contributed by atoms with Gasteiger partial charge in [-0.2, -0.15) is 0 Å². The molecule has 2 N–H and O–H groups in total. The second-order valence-corrected chi connectivity index (χ2v) is 8.90. The van der Waals surface area contributed by atoms with Crippen molar-refractivity contribution in [1.82, 2.24) is 10.2 Å². The molecule has 1 amide bonds. The fourth-order valence-corrected chi connectivity index (χ4v) is 6.05. The molecule has 1 saturated carbocycles. The normalized spacial score (nSPS) is 32.6. The molecule has 1 aliphatic heterocycles. The average Bonchev–Trinajstić information content (AvgIpc) is 3.06. The number of rotatable bonds is 6. The minimum atomic E-state index is -0.125. The molecule has 3 aliphatic rings. The van der Waals surface area contributed by atoms with Gasteiger partial charge in [0.15, 0.2) is 11.5 Å². The number of amides is 1. The lowest BCUT2D eigenvalue weighted by molar-refractivity contribution is -0.121. The topological polar surface area (TPSA) is 61.8 Å². The first kappa shape index (κ1) is 19.3. The predicted octanol–water partition coefficient (Wildman–Crippen LogP) is 3.36. The highest BCUT2D eigenvalue weighted by atomic mass is 16.5. The Morgan fingerprint density at radius 1 is 1.50 bits per heavy atom. The van der Waals surface area contributed by atoms with E-state index in [0.29, 0.717) is 11.8 Å². The van der Waals surface area contributed by atoms with E-state index in [9.17, 15) is 9.90 Å². The van der Waals surface area contributed by atoms with Crippen molar-refractivity contribution in [2.24, 2.45) is 5.41 Å². The Kier molecular flexibility index (Phi) is 4.90. The molecule has 1 aromatic rings. The standard InChI is InChI=1S/C23H32N2O3/c1-5-11-25(12-6-2)18-13-15-7-8-17(27)22-19(15)20-21(28-22)16(24-14(3)26)9-10-23(18,20)4/h5,7-8,16,18,20-21,27H,1,6,9-13H2,2-4H3,(H,24,26)/t16?,18?,20?,21?,23-/m0/s1. The second kappa shape index (κ2) is 7.11. The quantitative estimate of drug-likeness (QED) is 0.739. The summed E-state index contributed by atoms with van der Waals surface area (Å²) in [4.78, 5) is 14.4. The van der Waals surface area contributed by atoms with E-state index in [0.717, 1.165) is 38.8 Å². The molecule has 0 saturated heterocycles. The Hall–Kier alpha value is -2.01. The van der Waals surface area contributed by atoms with E-state index in [4.69, 9.17) is 4.74 Å². The van der Waals surface area contributed by atoms with Crippen LogP contribution in [0.1, 0.15) is 57.1 Å². The highest BCUT2D eigenvalue weighted by molar-refractivity contribution is 5.73. The number of aromatic hydroxyl groups is 1. The number of ether oxygens (including phenoxy) is 1. The summed E-state index contributed by atoms with van der Waals surface area (Å²) in [5, 5.41) is 13.6. The van der Waals surface area contributed by atoms with E-state index < -0.39 is 0 Å². The molecule has 5 atom stereocenters. The summed E-state index contributed by atoms with van der Waals surface area (Å²) in [5.74, 6) is 1.01. The number of nitrogens with zero attached hydrogens (tertiary/aromatic N) is 1. The Bertz CT molecular complexity index is 792. The lowest BCUT2D eigenvalue weighted by Gasteiger charge is -2.55. The van der Waals surface area contributed by atoms with Crippen LogP contribution in [-0.2, 0) is 11.2 Å². The molecule has 0 bridgehead atoms. The highest BCUT2D eigenvalue weighted by Gasteiger charge is 2.60. The third kappa shape index (κ3) is 2.83. The van der Waals surface area contributed by atoms with Gasteiger partial charge in [0.2, 0.25) is 5.91 Å². The molecular weight excluding hydrogens is 352 g/mol. The summed E-state index contributed by atoms with van der Waals surface area (Å²) in [6.07, 6.45) is 5.87. The summed E-state index contributed by atoms with van der Waals surface area (Å²) < 4.78 is 6.36. The monoisotopic (exact) mass is 384 g/mol. The number of carbonyl (C=O) groups excluding carboxylic acids is 1. The van der Waals surface area contributed by atoms with Crippen LogP contribution >= 0.6 is 0 Å². The molecule has 5 nitrogen and oxygen atoms in total. The maximum absolute atomic E-state index is 11.8. The van der Waals surface area contributed by atoms with Crippen LogP contribution in [0.3, 0.4) is 0 Å². The number of benzene rings is 1. The number of phenols is 1. The van der Waals surface area contributed by atoms with Crippen LogP contribution < -0.4 is 10.1 Å². The fraction of sp³-hybridized carbons (Fsp3) is 0.609. The first-order valence-electron chi connectivity index (χ1n) is 10.5. The molecule has 5 heteroatoms. The summed E-state index contributed by atoms with van der Waals surface area (Å²) in [5.41, 5.74) is 2.48. The third-order valence-electron chi connectivity index (χ3n) is 7.14. The Labute approximate surface area is 167 Å². The highest BCUT2D eigenvalue weighted by Crippen LogP contribution is 2.62. The van der Waals surface area contributed by atoms with Crippen LogP contribution in [0.15, 0.2) is 24.8 Å². The van der Waals surface area contributed by atoms with Crippen LogP contribution in [0.2, 0.25) is 0 Å². The molecule has 2 aliphatic carbocycles. The van der Waals surface area contributed by atoms with E-state index in [1.807, 2.05) is 6.08 Å². The smallest absolute Gasteiger partial charge is 0.217 e. The van der Waals surface area contributed by atoms with E-state index >= 15 is 0 Å². The van der Waals surface area contributed by atoms with Gasteiger partial charge in [0, 0.05) is 31.0 Å². The van der Waals surface area contributed by atoms with Gasteiger partial charge in [0.1, 0.15) is 6.10 Å². The van der Waals surface area contributed by atoms with Gasteiger partial charge >= 0.3 is 0 Å². The maximum atomic E-state index is 11.8. The van der Waals surface area contributed by atoms with Crippen molar-refractivity contribution in [2.45, 2.75) is 70.6 Å². The van der Waals surface area contributed by atoms with E-state index in [2.05, 4.69) is 36.7 Å². The predicted molar refractivity (Wildman–Crippen MR) is 110 cm³/mol. The minimum Gasteiger partial charge on any atom is -0.504 e. The Morgan fingerprint density at radius 3 is 2.96 bits per heavy atom. The molecule has 0 aromatic heterocycles. The van der Waals surface area contributed by atoms with Crippen molar-refractivity contribution >= 4 is 5.91 Å². The number of phenolic OH excluding ortho intramolecular Hbond substituents is 1. The zero-order valence-corrected chi connectivity index (χ0v) is 17.2. The molecule has 1 fully saturated rings. The average molecular weight is 385 g/mol. The molecule has 28 heavy (non-hydrogen) atoms. The van der Waals surface area contributed by atoms with Crippen molar-refractivity contribution in [2.75, 3.05) is 13.1 Å². The van der Waals surface area contributed by atoms with Crippen molar-refractivity contribution in [3.63, 3.8) is 0 Å². The molecule has 0 spiro atoms. The van der Waals surface area contributed by atoms with Gasteiger partial charge in [-0.25, -0.2) is 0 Å². The lowest BCUT2D eigenvalue weighted by Crippen LogP contribution is -2.61. The van der Waals surface area contributed by atoms with Crippen LogP contribution in [0.4, 0.5) is 0 Å². The molecule has 1 aromatic carbocycles. The number of nitrogens with one attached hydrogen (secondary N) is 1. The van der Waals surface area contributed by atoms with Crippen molar-refractivity contribution in [3.8, 4) is 11.5 Å². The first-order chi connectivity index (χ1) is 13.4. The maximum Gasteiger partial charge on any atom is 0.217 e. The molecular formula is C23H32N2O3.